The molecule has 0 N–H and O–H groups in total. The first-order valence-corrected chi connectivity index (χ1v) is 5.07. The molecule has 0 spiro atoms. The number of hydrogen-bond acceptors (Lipinski definition) is 4. The average molecular weight is 222 g/mol. The molecule has 15 heavy (non-hydrogen) atoms. The van der Waals surface area contributed by atoms with Gasteiger partial charge < -0.3 is 0 Å². The molecule has 0 saturated heterocycles. The highest BCUT2D eigenvalue weighted by Gasteiger charge is 2.10. The molecular weight excluding hydrogens is 215 g/mol. The van der Waals surface area contributed by atoms with Crippen molar-refractivity contribution in [3.05, 3.63) is 34.0 Å². The zero-order valence-corrected chi connectivity index (χ0v) is 8.71. The molecule has 0 radical (unpaired) electrons. The lowest BCUT2D eigenvalue weighted by atomic mass is 10.2. The van der Waals surface area contributed by atoms with Gasteiger partial charge in [-0.2, -0.15) is 0 Å². The smallest absolute Gasteiger partial charge is 0.178 e. The lowest BCUT2D eigenvalue weighted by Gasteiger charge is -1.96. The van der Waals surface area contributed by atoms with E-state index in [4.69, 9.17) is 0 Å². The van der Waals surface area contributed by atoms with Crippen LogP contribution in [0.25, 0.3) is 11.4 Å². The predicted molar refractivity (Wildman–Crippen MR) is 55.4 cm³/mol. The van der Waals surface area contributed by atoms with E-state index in [2.05, 4.69) is 9.97 Å². The third-order valence-electron chi connectivity index (χ3n) is 1.88. The van der Waals surface area contributed by atoms with Crippen molar-refractivity contribution in [2.24, 2.45) is 0 Å². The van der Waals surface area contributed by atoms with Crippen LogP contribution in [0, 0.1) is 12.7 Å². The molecule has 0 bridgehead atoms. The van der Waals surface area contributed by atoms with Gasteiger partial charge in [0.05, 0.1) is 11.9 Å². The van der Waals surface area contributed by atoms with Crippen LogP contribution in [0.2, 0.25) is 0 Å². The Morgan fingerprint density at radius 2 is 2.27 bits per heavy atom. The van der Waals surface area contributed by atoms with Gasteiger partial charge in [0, 0.05) is 4.88 Å². The highest BCUT2D eigenvalue weighted by Crippen LogP contribution is 2.25. The van der Waals surface area contributed by atoms with Crippen LogP contribution in [0.15, 0.2) is 18.3 Å². The quantitative estimate of drug-likeness (QED) is 0.733. The van der Waals surface area contributed by atoms with E-state index in [1.807, 2.05) is 6.92 Å². The maximum Gasteiger partial charge on any atom is 0.178 e. The highest BCUT2D eigenvalue weighted by molar-refractivity contribution is 7.13. The van der Waals surface area contributed by atoms with E-state index in [9.17, 15) is 9.18 Å². The van der Waals surface area contributed by atoms with Crippen LogP contribution in [-0.4, -0.2) is 16.3 Å². The number of nitrogens with zero attached hydrogens (tertiary/aromatic N) is 2. The Morgan fingerprint density at radius 1 is 1.47 bits per heavy atom. The van der Waals surface area contributed by atoms with Gasteiger partial charge >= 0.3 is 0 Å². The summed E-state index contributed by atoms with van der Waals surface area (Å²) in [5.74, 6) is -0.387. The van der Waals surface area contributed by atoms with Crippen molar-refractivity contribution >= 4 is 17.6 Å². The lowest BCUT2D eigenvalue weighted by Crippen LogP contribution is -1.87. The van der Waals surface area contributed by atoms with E-state index in [0.717, 1.165) is 11.1 Å². The normalized spacial score (nSPS) is 10.3. The van der Waals surface area contributed by atoms with Gasteiger partial charge in [-0.05, 0) is 19.1 Å². The number of aryl methyl sites for hydroxylation is 1. The van der Waals surface area contributed by atoms with Crippen LogP contribution in [-0.2, 0) is 0 Å². The largest absolute Gasteiger partial charge is 0.295 e. The Balaban J connectivity index is 2.48. The fraction of sp³-hybridized carbons (Fsp3) is 0.100. The summed E-state index contributed by atoms with van der Waals surface area (Å²) in [7, 11) is 0. The standard InChI is InChI=1S/C10H7FN2OS/c1-6-10(13-9(5-14)15-6)8-3-2-7(11)4-12-8/h2-5H,1H3. The van der Waals surface area contributed by atoms with Crippen molar-refractivity contribution in [1.29, 1.82) is 0 Å². The lowest BCUT2D eigenvalue weighted by molar-refractivity contribution is 0.112. The minimum absolute atomic E-state index is 0.387. The van der Waals surface area contributed by atoms with Gasteiger partial charge in [0.25, 0.3) is 0 Å². The van der Waals surface area contributed by atoms with Crippen molar-refractivity contribution < 1.29 is 9.18 Å². The van der Waals surface area contributed by atoms with Crippen LogP contribution in [0.1, 0.15) is 14.7 Å². The molecule has 0 amide bonds. The molecule has 0 aliphatic heterocycles. The number of carbonyl (C=O) groups excluding carboxylic acids is 1. The zero-order valence-electron chi connectivity index (χ0n) is 7.90. The van der Waals surface area contributed by atoms with Crippen molar-refractivity contribution in [3.8, 4) is 11.4 Å². The molecule has 0 aromatic carbocycles. The van der Waals surface area contributed by atoms with Crippen LogP contribution in [0.5, 0.6) is 0 Å². The Hall–Kier alpha value is -1.62. The molecule has 2 heterocycles. The van der Waals surface area contributed by atoms with Crippen LogP contribution in [0.4, 0.5) is 4.39 Å². The number of hydrogen-bond donors (Lipinski definition) is 0. The Labute approximate surface area is 89.6 Å². The van der Waals surface area contributed by atoms with E-state index in [-0.39, 0.29) is 5.82 Å². The first kappa shape index (κ1) is 9.92. The van der Waals surface area contributed by atoms with E-state index in [1.165, 1.54) is 17.4 Å². The first-order chi connectivity index (χ1) is 7.20. The van der Waals surface area contributed by atoms with Crippen LogP contribution >= 0.6 is 11.3 Å². The van der Waals surface area contributed by atoms with Gasteiger partial charge in [0.15, 0.2) is 11.3 Å². The van der Waals surface area contributed by atoms with Gasteiger partial charge in [0.2, 0.25) is 0 Å². The third kappa shape index (κ3) is 1.92. The number of halogens is 1. The van der Waals surface area contributed by atoms with E-state index >= 15 is 0 Å². The molecule has 0 saturated carbocycles. The van der Waals surface area contributed by atoms with E-state index in [1.54, 1.807) is 6.07 Å². The molecule has 0 unspecified atom stereocenters. The molecule has 2 aromatic rings. The second kappa shape index (κ2) is 3.86. The molecule has 3 nitrogen and oxygen atoms in total. The second-order valence-electron chi connectivity index (χ2n) is 2.94. The van der Waals surface area contributed by atoms with Crippen LogP contribution < -0.4 is 0 Å². The fourth-order valence-corrected chi connectivity index (χ4v) is 1.97. The maximum atomic E-state index is 12.6. The molecule has 0 aliphatic rings. The fourth-order valence-electron chi connectivity index (χ4n) is 1.22. The number of aldehydes is 1. The van der Waals surface area contributed by atoms with Gasteiger partial charge in [-0.15, -0.1) is 11.3 Å². The minimum atomic E-state index is -0.387. The van der Waals surface area contributed by atoms with Crippen molar-refractivity contribution in [3.63, 3.8) is 0 Å². The van der Waals surface area contributed by atoms with Crippen LogP contribution in [0.3, 0.4) is 0 Å². The van der Waals surface area contributed by atoms with Gasteiger partial charge in [0.1, 0.15) is 11.5 Å². The summed E-state index contributed by atoms with van der Waals surface area (Å²) < 4.78 is 12.6. The molecule has 0 fully saturated rings. The molecule has 0 aliphatic carbocycles. The monoisotopic (exact) mass is 222 g/mol. The predicted octanol–water partition coefficient (Wildman–Crippen LogP) is 2.47. The Kier molecular flexibility index (Phi) is 2.55. The number of carbonyl (C=O) groups is 1. The molecular formula is C10H7FN2OS. The molecule has 0 atom stereocenters. The number of pyridine rings is 1. The van der Waals surface area contributed by atoms with Gasteiger partial charge in [-0.1, -0.05) is 0 Å². The van der Waals surface area contributed by atoms with E-state index < -0.39 is 0 Å². The summed E-state index contributed by atoms with van der Waals surface area (Å²) in [6, 6.07) is 2.87. The molecule has 2 aromatic heterocycles. The maximum absolute atomic E-state index is 12.6. The SMILES string of the molecule is Cc1sc(C=O)nc1-c1ccc(F)cn1. The minimum Gasteiger partial charge on any atom is -0.295 e. The van der Waals surface area contributed by atoms with Gasteiger partial charge in [-0.3, -0.25) is 9.78 Å². The Bertz CT molecular complexity index is 493. The van der Waals surface area contributed by atoms with Gasteiger partial charge in [-0.25, -0.2) is 9.37 Å². The van der Waals surface area contributed by atoms with E-state index in [0.29, 0.717) is 22.7 Å². The Morgan fingerprint density at radius 3 is 2.80 bits per heavy atom. The second-order valence-corrected chi connectivity index (χ2v) is 4.17. The zero-order chi connectivity index (χ0) is 10.8. The first-order valence-electron chi connectivity index (χ1n) is 4.25. The van der Waals surface area contributed by atoms with Crippen molar-refractivity contribution in [2.75, 3.05) is 0 Å². The van der Waals surface area contributed by atoms with Crippen molar-refractivity contribution in [1.82, 2.24) is 9.97 Å². The molecule has 76 valence electrons. The highest BCUT2D eigenvalue weighted by atomic mass is 32.1. The number of thiazole rings is 1. The number of rotatable bonds is 2. The summed E-state index contributed by atoms with van der Waals surface area (Å²) in [5.41, 5.74) is 1.22. The molecule has 5 heteroatoms. The van der Waals surface area contributed by atoms with Crippen molar-refractivity contribution in [2.45, 2.75) is 6.92 Å². The molecule has 2 rings (SSSR count). The number of aromatic nitrogens is 2. The summed E-state index contributed by atoms with van der Waals surface area (Å²) in [6.07, 6.45) is 1.83. The average Bonchev–Trinajstić information content (AvgIpc) is 2.61. The summed E-state index contributed by atoms with van der Waals surface area (Å²) in [5, 5.41) is 0.411. The topological polar surface area (TPSA) is 42.9 Å². The third-order valence-corrected chi connectivity index (χ3v) is 2.78. The summed E-state index contributed by atoms with van der Waals surface area (Å²) in [4.78, 5) is 19.4. The summed E-state index contributed by atoms with van der Waals surface area (Å²) >= 11 is 1.30. The summed E-state index contributed by atoms with van der Waals surface area (Å²) in [6.45, 7) is 1.85.